The minimum atomic E-state index is -1.37. The van der Waals surface area contributed by atoms with Crippen LogP contribution < -0.4 is 0 Å². The van der Waals surface area contributed by atoms with E-state index in [1.165, 1.54) is 0 Å². The molecule has 0 amide bonds. The predicted molar refractivity (Wildman–Crippen MR) is 72.3 cm³/mol. The van der Waals surface area contributed by atoms with Gasteiger partial charge in [-0.3, -0.25) is 9.59 Å². The Morgan fingerprint density at radius 1 is 1.30 bits per heavy atom. The Hall–Kier alpha value is -1.84. The maximum atomic E-state index is 12.4. The predicted octanol–water partition coefficient (Wildman–Crippen LogP) is 2.37. The van der Waals surface area contributed by atoms with Crippen LogP contribution in [0.25, 0.3) is 0 Å². The maximum Gasteiger partial charge on any atom is 0.324 e. The van der Waals surface area contributed by atoms with Crippen LogP contribution in [0.3, 0.4) is 0 Å². The van der Waals surface area contributed by atoms with Crippen molar-refractivity contribution in [3.63, 3.8) is 0 Å². The number of aliphatic carboxylic acids is 1. The highest BCUT2D eigenvalue weighted by Crippen LogP contribution is 2.71. The zero-order valence-corrected chi connectivity index (χ0v) is 11.8. The highest BCUT2D eigenvalue weighted by molar-refractivity contribution is 6.06. The molecular formula is C16H18O4. The van der Waals surface area contributed by atoms with Crippen LogP contribution in [0.2, 0.25) is 0 Å². The molecule has 4 heteroatoms. The molecule has 0 aromatic heterocycles. The molecule has 0 radical (unpaired) electrons. The van der Waals surface area contributed by atoms with E-state index in [4.69, 9.17) is 4.74 Å². The first-order valence-corrected chi connectivity index (χ1v) is 6.83. The Labute approximate surface area is 117 Å². The number of carbonyl (C=O) groups excluding carboxylic acids is 1. The topological polar surface area (TPSA) is 63.6 Å². The molecule has 3 atom stereocenters. The number of hydrogen-bond donors (Lipinski definition) is 1. The lowest BCUT2D eigenvalue weighted by atomic mass is 9.91. The molecule has 1 N–H and O–H groups in total. The monoisotopic (exact) mass is 274 g/mol. The molecule has 20 heavy (non-hydrogen) atoms. The molecule has 2 aliphatic rings. The largest absolute Gasteiger partial charge is 0.480 e. The van der Waals surface area contributed by atoms with Crippen LogP contribution in [0, 0.1) is 11.3 Å². The summed E-state index contributed by atoms with van der Waals surface area (Å²) >= 11 is 0. The average molecular weight is 274 g/mol. The highest BCUT2D eigenvalue weighted by atomic mass is 16.6. The number of esters is 1. The number of ether oxygens (including phenoxy) is 1. The fourth-order valence-corrected chi connectivity index (χ4v) is 3.48. The smallest absolute Gasteiger partial charge is 0.324 e. The summed E-state index contributed by atoms with van der Waals surface area (Å²) in [5.74, 6) is -2.04. The Morgan fingerprint density at radius 3 is 2.55 bits per heavy atom. The van der Waals surface area contributed by atoms with Crippen LogP contribution in [-0.2, 0) is 20.7 Å². The molecule has 3 rings (SSSR count). The molecule has 1 aromatic rings. The molecule has 0 bridgehead atoms. The van der Waals surface area contributed by atoms with Gasteiger partial charge >= 0.3 is 11.9 Å². The lowest BCUT2D eigenvalue weighted by molar-refractivity contribution is -0.170. The summed E-state index contributed by atoms with van der Waals surface area (Å²) in [5, 5.41) is 9.60. The number of carbonyl (C=O) groups is 2. The van der Waals surface area contributed by atoms with E-state index in [0.717, 1.165) is 11.1 Å². The first-order chi connectivity index (χ1) is 9.28. The molecule has 0 aliphatic heterocycles. The molecule has 106 valence electrons. The molecule has 1 fully saturated rings. The Balaban J connectivity index is 1.96. The van der Waals surface area contributed by atoms with Crippen molar-refractivity contribution in [2.75, 3.05) is 0 Å². The van der Waals surface area contributed by atoms with Gasteiger partial charge in [-0.2, -0.15) is 0 Å². The van der Waals surface area contributed by atoms with Crippen LogP contribution in [0.4, 0.5) is 0 Å². The fourth-order valence-electron chi connectivity index (χ4n) is 3.48. The highest BCUT2D eigenvalue weighted by Gasteiger charge is 2.78. The van der Waals surface area contributed by atoms with Gasteiger partial charge in [-0.05, 0) is 44.2 Å². The van der Waals surface area contributed by atoms with E-state index in [-0.39, 0.29) is 11.8 Å². The fraction of sp³-hybridized carbons (Fsp3) is 0.500. The van der Waals surface area contributed by atoms with Crippen molar-refractivity contribution in [3.05, 3.63) is 35.4 Å². The van der Waals surface area contributed by atoms with Crippen molar-refractivity contribution >= 4 is 11.9 Å². The van der Waals surface area contributed by atoms with Crippen molar-refractivity contribution < 1.29 is 19.4 Å². The van der Waals surface area contributed by atoms with Crippen LogP contribution in [0.5, 0.6) is 0 Å². The molecule has 1 saturated carbocycles. The Morgan fingerprint density at radius 2 is 1.95 bits per heavy atom. The normalized spacial score (nSPS) is 30.4. The minimum absolute atomic E-state index is 0.160. The van der Waals surface area contributed by atoms with Crippen LogP contribution in [0.1, 0.15) is 37.8 Å². The second kappa shape index (κ2) is 3.84. The molecule has 4 nitrogen and oxygen atoms in total. The first-order valence-electron chi connectivity index (χ1n) is 6.83. The van der Waals surface area contributed by atoms with Gasteiger partial charge in [-0.1, -0.05) is 24.3 Å². The molecule has 3 unspecified atom stereocenters. The van der Waals surface area contributed by atoms with E-state index in [9.17, 15) is 14.7 Å². The standard InChI is InChI=1S/C16H18O4/c1-15(2,3)20-14(19)16(13(17)18)11-8-9-6-4-5-7-10(9)12(11)16/h4-7,11-12H,8H2,1-3H3,(H,17,18). The van der Waals surface area contributed by atoms with Gasteiger partial charge < -0.3 is 9.84 Å². The summed E-state index contributed by atoms with van der Waals surface area (Å²) in [4.78, 5) is 24.1. The summed E-state index contributed by atoms with van der Waals surface area (Å²) < 4.78 is 5.36. The number of hydrogen-bond acceptors (Lipinski definition) is 3. The second-order valence-electron chi connectivity index (χ2n) is 6.66. The third-order valence-electron chi connectivity index (χ3n) is 4.29. The first kappa shape index (κ1) is 13.2. The lowest BCUT2D eigenvalue weighted by Gasteiger charge is -2.24. The van der Waals surface area contributed by atoms with Gasteiger partial charge in [-0.15, -0.1) is 0 Å². The van der Waals surface area contributed by atoms with Gasteiger partial charge in [0.25, 0.3) is 0 Å². The number of carboxylic acids is 1. The maximum absolute atomic E-state index is 12.4. The van der Waals surface area contributed by atoms with Crippen LogP contribution in [0.15, 0.2) is 24.3 Å². The van der Waals surface area contributed by atoms with Crippen molar-refractivity contribution in [2.24, 2.45) is 11.3 Å². The summed E-state index contributed by atoms with van der Waals surface area (Å²) in [6, 6.07) is 7.76. The number of benzene rings is 1. The number of rotatable bonds is 2. The van der Waals surface area contributed by atoms with Gasteiger partial charge in [0.15, 0.2) is 5.41 Å². The second-order valence-corrected chi connectivity index (χ2v) is 6.66. The lowest BCUT2D eigenvalue weighted by Crippen LogP contribution is -2.37. The number of carboxylic acid groups (broad SMARTS) is 1. The van der Waals surface area contributed by atoms with Gasteiger partial charge in [0.1, 0.15) is 5.60 Å². The van der Waals surface area contributed by atoms with Crippen molar-refractivity contribution in [3.8, 4) is 0 Å². The van der Waals surface area contributed by atoms with Crippen LogP contribution >= 0.6 is 0 Å². The average Bonchev–Trinajstić information content (AvgIpc) is 2.83. The molecule has 0 spiro atoms. The SMILES string of the molecule is CC(C)(C)OC(=O)C1(C(=O)O)C2Cc3ccccc3C21. The Kier molecular flexibility index (Phi) is 2.53. The van der Waals surface area contributed by atoms with E-state index in [1.54, 1.807) is 20.8 Å². The van der Waals surface area contributed by atoms with Crippen molar-refractivity contribution in [1.82, 2.24) is 0 Å². The molecule has 0 heterocycles. The minimum Gasteiger partial charge on any atom is -0.480 e. The molecule has 2 aliphatic carbocycles. The van der Waals surface area contributed by atoms with E-state index < -0.39 is 23.0 Å². The molecule has 0 saturated heterocycles. The van der Waals surface area contributed by atoms with Crippen LogP contribution in [-0.4, -0.2) is 22.6 Å². The molecule has 1 aromatic carbocycles. The van der Waals surface area contributed by atoms with E-state index in [0.29, 0.717) is 6.42 Å². The third-order valence-corrected chi connectivity index (χ3v) is 4.29. The Bertz CT molecular complexity index is 599. The van der Waals surface area contributed by atoms with E-state index in [1.807, 2.05) is 24.3 Å². The van der Waals surface area contributed by atoms with Crippen molar-refractivity contribution in [2.45, 2.75) is 38.7 Å². The van der Waals surface area contributed by atoms with Gasteiger partial charge in [-0.25, -0.2) is 0 Å². The van der Waals surface area contributed by atoms with E-state index >= 15 is 0 Å². The van der Waals surface area contributed by atoms with Gasteiger partial charge in [0.2, 0.25) is 0 Å². The summed E-state index contributed by atoms with van der Waals surface area (Å²) in [7, 11) is 0. The third kappa shape index (κ3) is 1.60. The number of fused-ring (bicyclic) bond motifs is 3. The summed E-state index contributed by atoms with van der Waals surface area (Å²) in [6.07, 6.45) is 0.645. The van der Waals surface area contributed by atoms with Gasteiger partial charge in [0.05, 0.1) is 0 Å². The zero-order chi connectivity index (χ0) is 14.7. The van der Waals surface area contributed by atoms with E-state index in [2.05, 4.69) is 0 Å². The zero-order valence-electron chi connectivity index (χ0n) is 11.8. The van der Waals surface area contributed by atoms with Gasteiger partial charge in [0, 0.05) is 5.92 Å². The summed E-state index contributed by atoms with van der Waals surface area (Å²) in [6.45, 7) is 5.27. The van der Waals surface area contributed by atoms with Crippen molar-refractivity contribution in [1.29, 1.82) is 0 Å². The quantitative estimate of drug-likeness (QED) is 0.664. The summed E-state index contributed by atoms with van der Waals surface area (Å²) in [5.41, 5.74) is 0.103. The molecular weight excluding hydrogens is 256 g/mol.